The van der Waals surface area contributed by atoms with E-state index < -0.39 is 28.7 Å². The van der Waals surface area contributed by atoms with Gasteiger partial charge in [0.25, 0.3) is 0 Å². The Balaban J connectivity index is 2.52. The highest BCUT2D eigenvalue weighted by atomic mass is 19.1. The van der Waals surface area contributed by atoms with Crippen molar-refractivity contribution in [2.45, 2.75) is 0 Å². The Labute approximate surface area is 89.5 Å². The van der Waals surface area contributed by atoms with Crippen molar-refractivity contribution >= 4 is 11.5 Å². The van der Waals surface area contributed by atoms with Crippen LogP contribution in [-0.4, -0.2) is 5.78 Å². The molecule has 16 heavy (non-hydrogen) atoms. The molecule has 5 heteroatoms. The van der Waals surface area contributed by atoms with Crippen LogP contribution in [0.25, 0.3) is 0 Å². The minimum Gasteiger partial charge on any atom is -0.461 e. The average Bonchev–Trinajstić information content (AvgIpc) is 2.75. The first-order valence-electron chi connectivity index (χ1n) is 4.42. The lowest BCUT2D eigenvalue weighted by atomic mass is 10.1. The van der Waals surface area contributed by atoms with Crippen LogP contribution in [0.15, 0.2) is 34.9 Å². The number of nitrogens with two attached hydrogens (primary N) is 1. The van der Waals surface area contributed by atoms with E-state index in [2.05, 4.69) is 0 Å². The number of hydrogen-bond acceptors (Lipinski definition) is 3. The Kier molecular flexibility index (Phi) is 2.44. The van der Waals surface area contributed by atoms with Gasteiger partial charge >= 0.3 is 0 Å². The van der Waals surface area contributed by atoms with Gasteiger partial charge in [0.1, 0.15) is 5.82 Å². The summed E-state index contributed by atoms with van der Waals surface area (Å²) in [6.07, 6.45) is 1.27. The Morgan fingerprint density at radius 3 is 2.69 bits per heavy atom. The summed E-state index contributed by atoms with van der Waals surface area (Å²) in [6.45, 7) is 0. The summed E-state index contributed by atoms with van der Waals surface area (Å²) < 4.78 is 31.3. The van der Waals surface area contributed by atoms with E-state index in [-0.39, 0.29) is 5.76 Å². The highest BCUT2D eigenvalue weighted by Crippen LogP contribution is 2.20. The van der Waals surface area contributed by atoms with Crippen molar-refractivity contribution in [1.29, 1.82) is 0 Å². The first-order chi connectivity index (χ1) is 7.59. The molecule has 2 rings (SSSR count). The van der Waals surface area contributed by atoms with E-state index in [9.17, 15) is 13.6 Å². The maximum absolute atomic E-state index is 13.5. The van der Waals surface area contributed by atoms with Gasteiger partial charge in [-0.2, -0.15) is 0 Å². The van der Waals surface area contributed by atoms with Crippen LogP contribution in [0.2, 0.25) is 0 Å². The van der Waals surface area contributed by atoms with E-state index in [4.69, 9.17) is 10.2 Å². The summed E-state index contributed by atoms with van der Waals surface area (Å²) in [4.78, 5) is 11.7. The third kappa shape index (κ3) is 1.67. The van der Waals surface area contributed by atoms with E-state index in [1.807, 2.05) is 0 Å². The summed E-state index contributed by atoms with van der Waals surface area (Å²) in [7, 11) is 0. The molecule has 3 nitrogen and oxygen atoms in total. The van der Waals surface area contributed by atoms with Crippen molar-refractivity contribution in [3.63, 3.8) is 0 Å². The fraction of sp³-hybridized carbons (Fsp3) is 0. The predicted molar refractivity (Wildman–Crippen MR) is 52.9 cm³/mol. The Morgan fingerprint density at radius 2 is 2.06 bits per heavy atom. The molecule has 2 aromatic rings. The van der Waals surface area contributed by atoms with Gasteiger partial charge < -0.3 is 10.2 Å². The summed E-state index contributed by atoms with van der Waals surface area (Å²) in [5, 5.41) is 0. The van der Waals surface area contributed by atoms with Gasteiger partial charge in [0.2, 0.25) is 5.78 Å². The second-order valence-electron chi connectivity index (χ2n) is 3.16. The van der Waals surface area contributed by atoms with Gasteiger partial charge in [-0.15, -0.1) is 0 Å². The number of nitrogen functional groups attached to an aromatic ring is 1. The van der Waals surface area contributed by atoms with Crippen LogP contribution in [0.5, 0.6) is 0 Å². The maximum Gasteiger partial charge on any atom is 0.231 e. The van der Waals surface area contributed by atoms with Crippen molar-refractivity contribution < 1.29 is 18.0 Å². The quantitative estimate of drug-likeness (QED) is 0.628. The zero-order valence-electron chi connectivity index (χ0n) is 8.04. The minimum absolute atomic E-state index is 0.0658. The fourth-order valence-electron chi connectivity index (χ4n) is 1.32. The second kappa shape index (κ2) is 3.77. The van der Waals surface area contributed by atoms with Crippen molar-refractivity contribution in [1.82, 2.24) is 0 Å². The topological polar surface area (TPSA) is 56.2 Å². The highest BCUT2D eigenvalue weighted by Gasteiger charge is 2.19. The Morgan fingerprint density at radius 1 is 1.31 bits per heavy atom. The van der Waals surface area contributed by atoms with Crippen LogP contribution in [0.1, 0.15) is 16.1 Å². The summed E-state index contributed by atoms with van der Waals surface area (Å²) in [5.74, 6) is -2.52. The van der Waals surface area contributed by atoms with Gasteiger partial charge in [0.15, 0.2) is 11.6 Å². The first kappa shape index (κ1) is 10.4. The molecule has 0 aliphatic heterocycles. The maximum atomic E-state index is 13.5. The van der Waals surface area contributed by atoms with Gasteiger partial charge in [-0.1, -0.05) is 0 Å². The van der Waals surface area contributed by atoms with E-state index in [0.29, 0.717) is 0 Å². The van der Waals surface area contributed by atoms with Crippen molar-refractivity contribution in [3.05, 3.63) is 53.5 Å². The van der Waals surface area contributed by atoms with Gasteiger partial charge in [0, 0.05) is 0 Å². The Bertz CT molecular complexity index is 535. The SMILES string of the molecule is Nc1cc(F)cc(C(=O)c2ccco2)c1F. The van der Waals surface area contributed by atoms with Crippen LogP contribution in [0, 0.1) is 11.6 Å². The molecule has 0 atom stereocenters. The van der Waals surface area contributed by atoms with Gasteiger partial charge in [-0.3, -0.25) is 4.79 Å². The lowest BCUT2D eigenvalue weighted by Gasteiger charge is -2.03. The molecule has 0 saturated heterocycles. The van der Waals surface area contributed by atoms with E-state index in [1.54, 1.807) is 0 Å². The molecule has 0 radical (unpaired) electrons. The number of rotatable bonds is 2. The molecule has 0 aliphatic rings. The smallest absolute Gasteiger partial charge is 0.231 e. The van der Waals surface area contributed by atoms with Crippen molar-refractivity contribution in [2.75, 3.05) is 5.73 Å². The summed E-state index contributed by atoms with van der Waals surface area (Å²) >= 11 is 0. The van der Waals surface area contributed by atoms with Crippen LogP contribution in [-0.2, 0) is 0 Å². The number of anilines is 1. The van der Waals surface area contributed by atoms with Crippen molar-refractivity contribution in [3.8, 4) is 0 Å². The molecule has 1 aromatic carbocycles. The molecular formula is C11H7F2NO2. The molecule has 0 aliphatic carbocycles. The Hall–Kier alpha value is -2.17. The van der Waals surface area contributed by atoms with Crippen LogP contribution in [0.4, 0.5) is 14.5 Å². The minimum atomic E-state index is -0.942. The van der Waals surface area contributed by atoms with Gasteiger partial charge in [-0.05, 0) is 24.3 Å². The lowest BCUT2D eigenvalue weighted by Crippen LogP contribution is -2.06. The molecule has 0 fully saturated rings. The number of furan rings is 1. The fourth-order valence-corrected chi connectivity index (χ4v) is 1.32. The number of carbonyl (C=O) groups excluding carboxylic acids is 1. The molecule has 1 heterocycles. The largest absolute Gasteiger partial charge is 0.461 e. The molecular weight excluding hydrogens is 216 g/mol. The third-order valence-corrected chi connectivity index (χ3v) is 2.06. The van der Waals surface area contributed by atoms with Crippen LogP contribution in [0.3, 0.4) is 0 Å². The molecule has 0 bridgehead atoms. The van der Waals surface area contributed by atoms with E-state index in [0.717, 1.165) is 12.1 Å². The zero-order valence-corrected chi connectivity index (χ0v) is 8.04. The van der Waals surface area contributed by atoms with Gasteiger partial charge in [-0.25, -0.2) is 8.78 Å². The van der Waals surface area contributed by atoms with Gasteiger partial charge in [0.05, 0.1) is 17.5 Å². The molecule has 0 amide bonds. The number of hydrogen-bond donors (Lipinski definition) is 1. The van der Waals surface area contributed by atoms with Crippen LogP contribution >= 0.6 is 0 Å². The molecule has 2 N–H and O–H groups in total. The number of benzene rings is 1. The standard InChI is InChI=1S/C11H7F2NO2/c12-6-4-7(10(13)8(14)5-6)11(15)9-2-1-3-16-9/h1-5H,14H2. The lowest BCUT2D eigenvalue weighted by molar-refractivity contribution is 0.100. The van der Waals surface area contributed by atoms with Crippen molar-refractivity contribution in [2.24, 2.45) is 0 Å². The highest BCUT2D eigenvalue weighted by molar-refractivity contribution is 6.07. The third-order valence-electron chi connectivity index (χ3n) is 2.06. The molecule has 0 spiro atoms. The second-order valence-corrected chi connectivity index (χ2v) is 3.16. The van der Waals surface area contributed by atoms with E-state index >= 15 is 0 Å². The number of ketones is 1. The van der Waals surface area contributed by atoms with E-state index in [1.165, 1.54) is 18.4 Å². The zero-order chi connectivity index (χ0) is 11.7. The summed E-state index contributed by atoms with van der Waals surface area (Å²) in [5.41, 5.74) is 4.37. The number of halogens is 2. The first-order valence-corrected chi connectivity index (χ1v) is 4.42. The molecule has 0 saturated carbocycles. The molecule has 0 unspecified atom stereocenters. The normalized spacial score (nSPS) is 10.4. The molecule has 1 aromatic heterocycles. The monoisotopic (exact) mass is 223 g/mol. The number of carbonyl (C=O) groups is 1. The van der Waals surface area contributed by atoms with Crippen LogP contribution < -0.4 is 5.73 Å². The average molecular weight is 223 g/mol. The predicted octanol–water partition coefficient (Wildman–Crippen LogP) is 2.37. The summed E-state index contributed by atoms with van der Waals surface area (Å²) in [6, 6.07) is 4.45. The molecule has 82 valence electrons.